The maximum atomic E-state index is 12.0. The minimum absolute atomic E-state index is 0.0501. The summed E-state index contributed by atoms with van der Waals surface area (Å²) < 4.78 is 0. The van der Waals surface area contributed by atoms with Crippen LogP contribution in [0.5, 0.6) is 0 Å². The number of nitrogens with one attached hydrogen (secondary N) is 1. The number of aliphatic hydroxyl groups excluding tert-OH is 1. The summed E-state index contributed by atoms with van der Waals surface area (Å²) >= 11 is 0. The summed E-state index contributed by atoms with van der Waals surface area (Å²) in [5.41, 5.74) is 2.00. The van der Waals surface area contributed by atoms with Gasteiger partial charge in [-0.15, -0.1) is 0 Å². The summed E-state index contributed by atoms with van der Waals surface area (Å²) in [7, 11) is 0. The molecule has 0 aliphatic heterocycles. The lowest BCUT2D eigenvalue weighted by atomic mass is 9.86. The van der Waals surface area contributed by atoms with Gasteiger partial charge in [-0.2, -0.15) is 0 Å². The summed E-state index contributed by atoms with van der Waals surface area (Å²) in [5, 5.41) is 11.7. The molecule has 3 nitrogen and oxygen atoms in total. The molecule has 0 radical (unpaired) electrons. The summed E-state index contributed by atoms with van der Waals surface area (Å²) in [6.07, 6.45) is 1.51. The maximum Gasteiger partial charge on any atom is 0.251 e. The monoisotopic (exact) mass is 263 g/mol. The Balaban J connectivity index is 2.63. The average Bonchev–Trinajstić information content (AvgIpc) is 2.35. The summed E-state index contributed by atoms with van der Waals surface area (Å²) in [5.74, 6) is -0.0501. The summed E-state index contributed by atoms with van der Waals surface area (Å²) in [4.78, 5) is 12.0. The molecule has 0 bridgehead atoms. The number of rotatable bonds is 5. The second-order valence-corrected chi connectivity index (χ2v) is 6.07. The third-order valence-electron chi connectivity index (χ3n) is 3.19. The van der Waals surface area contributed by atoms with Crippen molar-refractivity contribution in [2.24, 2.45) is 0 Å². The van der Waals surface area contributed by atoms with E-state index in [2.05, 4.69) is 26.1 Å². The molecule has 1 aromatic carbocycles. The molecule has 0 saturated heterocycles. The van der Waals surface area contributed by atoms with Crippen molar-refractivity contribution in [3.63, 3.8) is 0 Å². The number of hydrogen-bond acceptors (Lipinski definition) is 2. The van der Waals surface area contributed by atoms with Gasteiger partial charge >= 0.3 is 0 Å². The zero-order valence-electron chi connectivity index (χ0n) is 12.4. The predicted molar refractivity (Wildman–Crippen MR) is 78.4 cm³/mol. The second kappa shape index (κ2) is 6.71. The van der Waals surface area contributed by atoms with Crippen LogP contribution in [-0.2, 0) is 5.41 Å². The van der Waals surface area contributed by atoms with Crippen LogP contribution in [0.1, 0.15) is 56.5 Å². The number of carbonyl (C=O) groups excluding carboxylic acids is 1. The van der Waals surface area contributed by atoms with E-state index in [1.54, 1.807) is 0 Å². The first-order valence-electron chi connectivity index (χ1n) is 6.87. The molecule has 2 N–H and O–H groups in total. The van der Waals surface area contributed by atoms with Crippen LogP contribution < -0.4 is 5.32 Å². The highest BCUT2D eigenvalue weighted by molar-refractivity contribution is 5.94. The van der Waals surface area contributed by atoms with Crippen molar-refractivity contribution in [3.05, 3.63) is 35.4 Å². The maximum absolute atomic E-state index is 12.0. The van der Waals surface area contributed by atoms with E-state index in [9.17, 15) is 4.79 Å². The van der Waals surface area contributed by atoms with Gasteiger partial charge in [0.2, 0.25) is 0 Å². The van der Waals surface area contributed by atoms with Crippen LogP contribution in [0.15, 0.2) is 24.3 Å². The molecule has 1 unspecified atom stereocenters. The average molecular weight is 263 g/mol. The Labute approximate surface area is 116 Å². The summed E-state index contributed by atoms with van der Waals surface area (Å²) in [6, 6.07) is 7.84. The number of carbonyl (C=O) groups is 1. The van der Waals surface area contributed by atoms with Gasteiger partial charge in [-0.25, -0.2) is 0 Å². The van der Waals surface area contributed by atoms with Crippen LogP contribution in [-0.4, -0.2) is 23.7 Å². The normalized spacial score (nSPS) is 13.1. The Morgan fingerprint density at radius 1 is 1.26 bits per heavy atom. The smallest absolute Gasteiger partial charge is 0.251 e. The van der Waals surface area contributed by atoms with Gasteiger partial charge in [0.05, 0.1) is 0 Å². The second-order valence-electron chi connectivity index (χ2n) is 6.07. The first-order valence-corrected chi connectivity index (χ1v) is 6.87. The van der Waals surface area contributed by atoms with Crippen molar-refractivity contribution in [1.82, 2.24) is 5.32 Å². The molecular weight excluding hydrogens is 238 g/mol. The van der Waals surface area contributed by atoms with E-state index < -0.39 is 0 Å². The van der Waals surface area contributed by atoms with Gasteiger partial charge in [0.1, 0.15) is 0 Å². The van der Waals surface area contributed by atoms with Crippen molar-refractivity contribution in [3.8, 4) is 0 Å². The molecular formula is C16H25NO2. The van der Waals surface area contributed by atoms with E-state index in [1.807, 2.05) is 31.2 Å². The van der Waals surface area contributed by atoms with Gasteiger partial charge in [-0.05, 0) is 42.9 Å². The first-order chi connectivity index (χ1) is 8.84. The Kier molecular flexibility index (Phi) is 5.55. The molecule has 0 fully saturated rings. The van der Waals surface area contributed by atoms with E-state index in [0.717, 1.165) is 6.42 Å². The molecule has 0 heterocycles. The van der Waals surface area contributed by atoms with Crippen molar-refractivity contribution in [1.29, 1.82) is 0 Å². The van der Waals surface area contributed by atoms with E-state index in [1.165, 1.54) is 5.56 Å². The van der Waals surface area contributed by atoms with Crippen molar-refractivity contribution in [2.45, 2.75) is 52.0 Å². The Hall–Kier alpha value is -1.35. The van der Waals surface area contributed by atoms with Crippen LogP contribution >= 0.6 is 0 Å². The van der Waals surface area contributed by atoms with Crippen LogP contribution in [0.3, 0.4) is 0 Å². The standard InChI is InChI=1S/C16H25NO2/c1-12(6-5-11-18)17-15(19)13-7-9-14(10-8-13)16(2,3)4/h7-10,12,18H,5-6,11H2,1-4H3,(H,17,19). The van der Waals surface area contributed by atoms with Crippen molar-refractivity contribution < 1.29 is 9.90 Å². The molecule has 3 heteroatoms. The van der Waals surface area contributed by atoms with Gasteiger partial charge in [0.15, 0.2) is 0 Å². The molecule has 0 aliphatic rings. The van der Waals surface area contributed by atoms with Crippen LogP contribution in [0.4, 0.5) is 0 Å². The molecule has 0 aromatic heterocycles. The van der Waals surface area contributed by atoms with Crippen molar-refractivity contribution >= 4 is 5.91 Å². The Morgan fingerprint density at radius 3 is 2.32 bits per heavy atom. The largest absolute Gasteiger partial charge is 0.396 e. The fraction of sp³-hybridized carbons (Fsp3) is 0.562. The van der Waals surface area contributed by atoms with Crippen LogP contribution in [0.25, 0.3) is 0 Å². The number of aliphatic hydroxyl groups is 1. The fourth-order valence-electron chi connectivity index (χ4n) is 1.90. The van der Waals surface area contributed by atoms with E-state index in [-0.39, 0.29) is 24.0 Å². The molecule has 1 aromatic rings. The first kappa shape index (κ1) is 15.7. The molecule has 0 spiro atoms. The quantitative estimate of drug-likeness (QED) is 0.858. The number of amides is 1. The lowest BCUT2D eigenvalue weighted by Gasteiger charge is -2.19. The van der Waals surface area contributed by atoms with Gasteiger partial charge in [0, 0.05) is 18.2 Å². The SMILES string of the molecule is CC(CCCO)NC(=O)c1ccc(C(C)(C)C)cc1. The summed E-state index contributed by atoms with van der Waals surface area (Å²) in [6.45, 7) is 8.58. The molecule has 0 aliphatic carbocycles. The van der Waals surface area contributed by atoms with Crippen LogP contribution in [0, 0.1) is 0 Å². The molecule has 1 atom stereocenters. The highest BCUT2D eigenvalue weighted by atomic mass is 16.2. The van der Waals surface area contributed by atoms with Crippen molar-refractivity contribution in [2.75, 3.05) is 6.61 Å². The van der Waals surface area contributed by atoms with E-state index >= 15 is 0 Å². The minimum atomic E-state index is -0.0501. The Morgan fingerprint density at radius 2 is 1.84 bits per heavy atom. The van der Waals surface area contributed by atoms with E-state index in [4.69, 9.17) is 5.11 Å². The zero-order valence-corrected chi connectivity index (χ0v) is 12.4. The highest BCUT2D eigenvalue weighted by Crippen LogP contribution is 2.22. The third-order valence-corrected chi connectivity index (χ3v) is 3.19. The van der Waals surface area contributed by atoms with Crippen LogP contribution in [0.2, 0.25) is 0 Å². The minimum Gasteiger partial charge on any atom is -0.396 e. The number of benzene rings is 1. The van der Waals surface area contributed by atoms with Gasteiger partial charge < -0.3 is 10.4 Å². The molecule has 19 heavy (non-hydrogen) atoms. The lowest BCUT2D eigenvalue weighted by molar-refractivity contribution is 0.0936. The topological polar surface area (TPSA) is 49.3 Å². The van der Waals surface area contributed by atoms with Gasteiger partial charge in [-0.3, -0.25) is 4.79 Å². The highest BCUT2D eigenvalue weighted by Gasteiger charge is 2.14. The number of hydrogen-bond donors (Lipinski definition) is 2. The fourth-order valence-corrected chi connectivity index (χ4v) is 1.90. The zero-order chi connectivity index (χ0) is 14.5. The predicted octanol–water partition coefficient (Wildman–Crippen LogP) is 2.87. The van der Waals surface area contributed by atoms with Gasteiger partial charge in [-0.1, -0.05) is 32.9 Å². The molecule has 1 amide bonds. The molecule has 0 saturated carbocycles. The Bertz CT molecular complexity index is 404. The lowest BCUT2D eigenvalue weighted by Crippen LogP contribution is -2.32. The van der Waals surface area contributed by atoms with Gasteiger partial charge in [0.25, 0.3) is 5.91 Å². The molecule has 106 valence electrons. The molecule has 1 rings (SSSR count). The third kappa shape index (κ3) is 5.03. The van der Waals surface area contributed by atoms with E-state index in [0.29, 0.717) is 12.0 Å².